The average molecular weight is 350 g/mol. The topological polar surface area (TPSA) is 97.6 Å². The van der Waals surface area contributed by atoms with Crippen molar-refractivity contribution >= 4 is 18.0 Å². The van der Waals surface area contributed by atoms with Crippen LogP contribution in [0.15, 0.2) is 4.42 Å². The highest BCUT2D eigenvalue weighted by molar-refractivity contribution is 5.95. The molecule has 2 heterocycles. The quantitative estimate of drug-likeness (QED) is 0.900. The highest BCUT2D eigenvalue weighted by Crippen LogP contribution is 2.39. The molecule has 0 spiro atoms. The summed E-state index contributed by atoms with van der Waals surface area (Å²) in [5, 5.41) is 10.5. The zero-order valence-corrected chi connectivity index (χ0v) is 15.1. The summed E-state index contributed by atoms with van der Waals surface area (Å²) in [6.45, 7) is 5.95. The largest absolute Gasteiger partial charge is 0.444 e. The van der Waals surface area contributed by atoms with Gasteiger partial charge < -0.3 is 9.15 Å². The van der Waals surface area contributed by atoms with Crippen LogP contribution in [0.1, 0.15) is 71.1 Å². The van der Waals surface area contributed by atoms with Crippen molar-refractivity contribution in [3.63, 3.8) is 0 Å². The van der Waals surface area contributed by atoms with Crippen LogP contribution < -0.4 is 5.32 Å². The Labute approximate surface area is 147 Å². The number of aromatic nitrogens is 2. The van der Waals surface area contributed by atoms with Crippen molar-refractivity contribution in [1.82, 2.24) is 15.1 Å². The number of nitrogens with one attached hydrogen (secondary N) is 1. The molecule has 0 unspecified atom stereocenters. The lowest BCUT2D eigenvalue weighted by atomic mass is 10.1. The fourth-order valence-corrected chi connectivity index (χ4v) is 2.89. The van der Waals surface area contributed by atoms with E-state index < -0.39 is 17.7 Å². The molecular formula is C17H26N4O4. The van der Waals surface area contributed by atoms with Gasteiger partial charge in [0.15, 0.2) is 0 Å². The van der Waals surface area contributed by atoms with Gasteiger partial charge in [0.2, 0.25) is 5.89 Å². The third kappa shape index (κ3) is 4.70. The molecule has 2 aliphatic rings. The fourth-order valence-electron chi connectivity index (χ4n) is 2.89. The molecule has 1 N–H and O–H groups in total. The van der Waals surface area contributed by atoms with Crippen LogP contribution >= 0.6 is 0 Å². The molecule has 1 aromatic heterocycles. The van der Waals surface area contributed by atoms with Crippen molar-refractivity contribution in [1.29, 1.82) is 0 Å². The summed E-state index contributed by atoms with van der Waals surface area (Å²) >= 11 is 0. The lowest BCUT2D eigenvalue weighted by molar-refractivity contribution is -0.121. The summed E-state index contributed by atoms with van der Waals surface area (Å²) in [5.41, 5.74) is -0.601. The molecule has 1 saturated carbocycles. The minimum Gasteiger partial charge on any atom is -0.444 e. The summed E-state index contributed by atoms with van der Waals surface area (Å²) < 4.78 is 11.0. The van der Waals surface area contributed by atoms with Gasteiger partial charge in [-0.1, -0.05) is 17.9 Å². The van der Waals surface area contributed by atoms with Gasteiger partial charge in [-0.3, -0.25) is 15.0 Å². The van der Waals surface area contributed by atoms with Crippen LogP contribution in [-0.2, 0) is 9.53 Å². The molecule has 0 bridgehead atoms. The van der Waals surface area contributed by atoms with E-state index in [4.69, 9.17) is 9.15 Å². The first kappa shape index (κ1) is 17.7. The van der Waals surface area contributed by atoms with Crippen LogP contribution in [0.3, 0.4) is 0 Å². The monoisotopic (exact) mass is 350 g/mol. The molecular weight excluding hydrogens is 324 g/mol. The molecule has 2 fully saturated rings. The van der Waals surface area contributed by atoms with Crippen LogP contribution in [0, 0.1) is 0 Å². The molecule has 1 atom stereocenters. The van der Waals surface area contributed by atoms with Gasteiger partial charge in [-0.25, -0.2) is 4.79 Å². The van der Waals surface area contributed by atoms with Gasteiger partial charge in [-0.05, 0) is 46.5 Å². The van der Waals surface area contributed by atoms with E-state index in [1.807, 2.05) is 20.8 Å². The summed E-state index contributed by atoms with van der Waals surface area (Å²) in [4.78, 5) is 26.7. The second kappa shape index (κ2) is 7.01. The van der Waals surface area contributed by atoms with Gasteiger partial charge in [0, 0.05) is 12.5 Å². The normalized spacial score (nSPS) is 21.6. The maximum Gasteiger partial charge on any atom is 0.410 e. The van der Waals surface area contributed by atoms with E-state index in [1.165, 1.54) is 4.90 Å². The van der Waals surface area contributed by atoms with E-state index in [9.17, 15) is 9.59 Å². The predicted molar refractivity (Wildman–Crippen MR) is 90.1 cm³/mol. The number of hydrogen-bond acceptors (Lipinski definition) is 6. The molecule has 3 rings (SSSR count). The third-order valence-electron chi connectivity index (χ3n) is 4.28. The molecule has 0 aromatic carbocycles. The number of anilines is 1. The number of carbonyl (C=O) groups is 2. The highest BCUT2D eigenvalue weighted by atomic mass is 16.6. The van der Waals surface area contributed by atoms with Crippen molar-refractivity contribution in [3.05, 3.63) is 5.89 Å². The Kier molecular flexibility index (Phi) is 4.96. The number of carbonyl (C=O) groups excluding carboxylic acids is 2. The Bertz CT molecular complexity index is 633. The average Bonchev–Trinajstić information content (AvgIpc) is 3.30. The lowest BCUT2D eigenvalue weighted by Gasteiger charge is -2.31. The number of amides is 2. The Morgan fingerprint density at radius 3 is 2.60 bits per heavy atom. The standard InChI is InChI=1S/C17H26N4O4/c1-17(2,3)25-16(23)21-10-6-4-5-7-12(21)13(22)18-15-20-19-14(24-15)11-8-9-11/h11-12H,4-10H2,1-3H3,(H,18,20,22)/t12-/m1/s1. The fraction of sp³-hybridized carbons (Fsp3) is 0.765. The van der Waals surface area contributed by atoms with Crippen LogP contribution in [-0.4, -0.2) is 45.3 Å². The predicted octanol–water partition coefficient (Wildman–Crippen LogP) is 3.07. The lowest BCUT2D eigenvalue weighted by Crippen LogP contribution is -2.48. The number of hydrogen-bond donors (Lipinski definition) is 1. The van der Waals surface area contributed by atoms with Gasteiger partial charge >= 0.3 is 12.1 Å². The Balaban J connectivity index is 1.68. The van der Waals surface area contributed by atoms with Crippen LogP contribution in [0.25, 0.3) is 0 Å². The van der Waals surface area contributed by atoms with Crippen molar-refractivity contribution in [2.24, 2.45) is 0 Å². The SMILES string of the molecule is CC(C)(C)OC(=O)N1CCCCC[C@@H]1C(=O)Nc1nnc(C2CC2)o1. The highest BCUT2D eigenvalue weighted by Gasteiger charge is 2.35. The van der Waals surface area contributed by atoms with E-state index in [2.05, 4.69) is 15.5 Å². The third-order valence-corrected chi connectivity index (χ3v) is 4.28. The Morgan fingerprint density at radius 1 is 1.16 bits per heavy atom. The minimum atomic E-state index is -0.601. The van der Waals surface area contributed by atoms with Crippen molar-refractivity contribution < 1.29 is 18.7 Å². The Morgan fingerprint density at radius 2 is 1.92 bits per heavy atom. The van der Waals surface area contributed by atoms with Gasteiger partial charge in [0.1, 0.15) is 11.6 Å². The first-order chi connectivity index (χ1) is 11.8. The van der Waals surface area contributed by atoms with Crippen LogP contribution in [0.4, 0.5) is 10.8 Å². The molecule has 25 heavy (non-hydrogen) atoms. The molecule has 0 radical (unpaired) electrons. The van der Waals surface area contributed by atoms with Crippen molar-refractivity contribution in [3.8, 4) is 0 Å². The van der Waals surface area contributed by atoms with Gasteiger partial charge in [0.05, 0.1) is 0 Å². The molecule has 138 valence electrons. The van der Waals surface area contributed by atoms with Crippen LogP contribution in [0.2, 0.25) is 0 Å². The molecule has 1 aromatic rings. The first-order valence-corrected chi connectivity index (χ1v) is 8.97. The van der Waals surface area contributed by atoms with E-state index in [1.54, 1.807) is 0 Å². The Hall–Kier alpha value is -2.12. The second-order valence-electron chi connectivity index (χ2n) is 7.75. The first-order valence-electron chi connectivity index (χ1n) is 8.97. The summed E-state index contributed by atoms with van der Waals surface area (Å²) in [6.07, 6.45) is 4.95. The minimum absolute atomic E-state index is 0.0975. The van der Waals surface area contributed by atoms with Crippen molar-refractivity contribution in [2.45, 2.75) is 76.9 Å². The van der Waals surface area contributed by atoms with Crippen LogP contribution in [0.5, 0.6) is 0 Å². The number of ether oxygens (including phenoxy) is 1. The molecule has 8 nitrogen and oxygen atoms in total. The summed E-state index contributed by atoms with van der Waals surface area (Å²) in [7, 11) is 0. The molecule has 1 aliphatic heterocycles. The number of nitrogens with zero attached hydrogens (tertiary/aromatic N) is 3. The molecule has 8 heteroatoms. The number of rotatable bonds is 3. The van der Waals surface area contributed by atoms with Gasteiger partial charge in [-0.2, -0.15) is 0 Å². The zero-order valence-electron chi connectivity index (χ0n) is 15.1. The summed E-state index contributed by atoms with van der Waals surface area (Å²) in [6, 6.07) is -0.492. The molecule has 2 amide bonds. The smallest absolute Gasteiger partial charge is 0.410 e. The second-order valence-corrected chi connectivity index (χ2v) is 7.75. The molecule has 1 saturated heterocycles. The van der Waals surface area contributed by atoms with E-state index in [0.717, 1.165) is 32.1 Å². The van der Waals surface area contributed by atoms with E-state index in [0.29, 0.717) is 24.8 Å². The molecule has 1 aliphatic carbocycles. The van der Waals surface area contributed by atoms with E-state index >= 15 is 0 Å². The van der Waals surface area contributed by atoms with E-state index in [-0.39, 0.29) is 11.9 Å². The van der Waals surface area contributed by atoms with Gasteiger partial charge in [0.25, 0.3) is 5.91 Å². The zero-order chi connectivity index (χ0) is 18.0. The maximum absolute atomic E-state index is 12.7. The van der Waals surface area contributed by atoms with Crippen molar-refractivity contribution in [2.75, 3.05) is 11.9 Å². The maximum atomic E-state index is 12.7. The summed E-state index contributed by atoms with van der Waals surface area (Å²) in [5.74, 6) is 0.591. The van der Waals surface area contributed by atoms with Gasteiger partial charge in [-0.15, -0.1) is 5.10 Å². The number of likely N-dealkylation sites (tertiary alicyclic amines) is 1.